The van der Waals surface area contributed by atoms with Crippen molar-refractivity contribution in [1.29, 1.82) is 0 Å². The molecule has 2 heterocycles. The Hall–Kier alpha value is -2.79. The molecule has 3 rings (SSSR count). The average molecular weight is 377 g/mol. The van der Waals surface area contributed by atoms with E-state index < -0.39 is 0 Å². The Morgan fingerprint density at radius 2 is 1.85 bits per heavy atom. The van der Waals surface area contributed by atoms with E-state index >= 15 is 0 Å². The van der Waals surface area contributed by atoms with E-state index in [1.165, 1.54) is 11.1 Å². The zero-order chi connectivity index (χ0) is 19.4. The van der Waals surface area contributed by atoms with Crippen LogP contribution in [0.2, 0.25) is 0 Å². The monoisotopic (exact) mass is 376 g/mol. The van der Waals surface area contributed by atoms with Gasteiger partial charge in [-0.25, -0.2) is 4.68 Å². The molecule has 1 aromatic carbocycles. The minimum Gasteiger partial charge on any atom is -0.265 e. The van der Waals surface area contributed by atoms with Crippen LogP contribution in [0, 0.1) is 13.8 Å². The van der Waals surface area contributed by atoms with E-state index in [2.05, 4.69) is 49.0 Å². The Bertz CT molecular complexity index is 1060. The number of rotatable bonds is 5. The minimum atomic E-state index is 0.594. The second-order valence-electron chi connectivity index (χ2n) is 6.71. The molecule has 2 aromatic heterocycles. The van der Waals surface area contributed by atoms with Crippen molar-refractivity contribution in [1.82, 2.24) is 9.66 Å². The van der Waals surface area contributed by atoms with Crippen LogP contribution >= 0.6 is 11.3 Å². The molecular weight excluding hydrogens is 352 g/mol. The van der Waals surface area contributed by atoms with Gasteiger partial charge in [0.1, 0.15) is 0 Å². The molecule has 5 heteroatoms. The molecule has 0 amide bonds. The standard InChI is InChI=1S/C22H24N4S/c1-15(2)13-24-22-26(25-18(5)19-8-10-23-11-9-19)21(14-27-22)20-7-6-16(3)17(4)12-20/h6-12,14H,1,13H2,2-5H3. The summed E-state index contributed by atoms with van der Waals surface area (Å²) in [5.41, 5.74) is 7.70. The summed E-state index contributed by atoms with van der Waals surface area (Å²) in [7, 11) is 0. The van der Waals surface area contributed by atoms with E-state index in [0.717, 1.165) is 32.9 Å². The fourth-order valence-electron chi connectivity index (χ4n) is 2.61. The van der Waals surface area contributed by atoms with E-state index in [-0.39, 0.29) is 0 Å². The van der Waals surface area contributed by atoms with Gasteiger partial charge < -0.3 is 0 Å². The highest BCUT2D eigenvalue weighted by molar-refractivity contribution is 7.07. The molecule has 0 atom stereocenters. The molecule has 27 heavy (non-hydrogen) atoms. The number of pyridine rings is 1. The van der Waals surface area contributed by atoms with E-state index in [0.29, 0.717) is 6.54 Å². The molecule has 0 aliphatic heterocycles. The summed E-state index contributed by atoms with van der Waals surface area (Å²) in [5, 5.41) is 7.00. The summed E-state index contributed by atoms with van der Waals surface area (Å²) in [6.07, 6.45) is 3.56. The number of nitrogens with zero attached hydrogens (tertiary/aromatic N) is 4. The van der Waals surface area contributed by atoms with Crippen molar-refractivity contribution in [3.05, 3.63) is 81.7 Å². The van der Waals surface area contributed by atoms with Crippen LogP contribution in [0.25, 0.3) is 11.3 Å². The van der Waals surface area contributed by atoms with Gasteiger partial charge in [-0.1, -0.05) is 24.3 Å². The Kier molecular flexibility index (Phi) is 5.81. The van der Waals surface area contributed by atoms with Crippen LogP contribution in [-0.2, 0) is 0 Å². The Morgan fingerprint density at radius 3 is 2.52 bits per heavy atom. The normalized spacial score (nSPS) is 12.4. The van der Waals surface area contributed by atoms with Gasteiger partial charge in [-0.2, -0.15) is 5.10 Å². The number of aryl methyl sites for hydroxylation is 2. The van der Waals surface area contributed by atoms with E-state index in [1.54, 1.807) is 23.7 Å². The Balaban J connectivity index is 2.16. The Labute approximate surface area is 164 Å². The van der Waals surface area contributed by atoms with E-state index in [1.807, 2.05) is 30.7 Å². The fourth-order valence-corrected chi connectivity index (χ4v) is 3.44. The first-order chi connectivity index (χ1) is 13.0. The molecule has 0 bridgehead atoms. The highest BCUT2D eigenvalue weighted by Crippen LogP contribution is 2.23. The van der Waals surface area contributed by atoms with Gasteiger partial charge in [0.25, 0.3) is 0 Å². The Morgan fingerprint density at radius 1 is 1.11 bits per heavy atom. The molecule has 4 nitrogen and oxygen atoms in total. The predicted molar refractivity (Wildman–Crippen MR) is 114 cm³/mol. The van der Waals surface area contributed by atoms with Crippen LogP contribution in [0.3, 0.4) is 0 Å². The molecule has 138 valence electrons. The zero-order valence-electron chi connectivity index (χ0n) is 16.2. The minimum absolute atomic E-state index is 0.594. The van der Waals surface area contributed by atoms with Crippen molar-refractivity contribution in [2.45, 2.75) is 27.7 Å². The smallest absolute Gasteiger partial charge is 0.206 e. The number of benzene rings is 1. The third-order valence-electron chi connectivity index (χ3n) is 4.32. The van der Waals surface area contributed by atoms with Crippen molar-refractivity contribution in [2.24, 2.45) is 10.1 Å². The summed E-state index contributed by atoms with van der Waals surface area (Å²) in [6.45, 7) is 12.8. The lowest BCUT2D eigenvalue weighted by Gasteiger charge is -2.08. The van der Waals surface area contributed by atoms with Crippen LogP contribution in [0.5, 0.6) is 0 Å². The van der Waals surface area contributed by atoms with Gasteiger partial charge in [-0.3, -0.25) is 9.98 Å². The van der Waals surface area contributed by atoms with Gasteiger partial charge in [-0.15, -0.1) is 11.3 Å². The van der Waals surface area contributed by atoms with Gasteiger partial charge in [-0.05, 0) is 57.0 Å². The van der Waals surface area contributed by atoms with E-state index in [9.17, 15) is 0 Å². The molecule has 0 saturated carbocycles. The highest BCUT2D eigenvalue weighted by Gasteiger charge is 2.10. The van der Waals surface area contributed by atoms with Gasteiger partial charge in [0.2, 0.25) is 4.80 Å². The first-order valence-electron chi connectivity index (χ1n) is 8.84. The van der Waals surface area contributed by atoms with Gasteiger partial charge >= 0.3 is 0 Å². The first kappa shape index (κ1) is 19.0. The predicted octanol–water partition coefficient (Wildman–Crippen LogP) is 4.98. The van der Waals surface area contributed by atoms with E-state index in [4.69, 9.17) is 10.1 Å². The lowest BCUT2D eigenvalue weighted by molar-refractivity contribution is 0.830. The average Bonchev–Trinajstić information content (AvgIpc) is 3.05. The third-order valence-corrected chi connectivity index (χ3v) is 5.17. The number of hydrogen-bond donors (Lipinski definition) is 0. The molecule has 3 aromatic rings. The van der Waals surface area contributed by atoms with Crippen LogP contribution in [0.15, 0.2) is 70.4 Å². The molecule has 0 fully saturated rings. The van der Waals surface area contributed by atoms with Crippen molar-refractivity contribution in [3.63, 3.8) is 0 Å². The van der Waals surface area contributed by atoms with Gasteiger partial charge in [0, 0.05) is 28.9 Å². The van der Waals surface area contributed by atoms with Crippen molar-refractivity contribution < 1.29 is 0 Å². The molecule has 0 radical (unpaired) electrons. The number of aromatic nitrogens is 2. The number of thiazole rings is 1. The van der Waals surface area contributed by atoms with Gasteiger partial charge in [0.15, 0.2) is 0 Å². The van der Waals surface area contributed by atoms with Crippen LogP contribution in [0.1, 0.15) is 30.5 Å². The largest absolute Gasteiger partial charge is 0.265 e. The maximum Gasteiger partial charge on any atom is 0.206 e. The zero-order valence-corrected chi connectivity index (χ0v) is 17.0. The maximum atomic E-state index is 4.89. The molecule has 0 unspecified atom stereocenters. The quantitative estimate of drug-likeness (QED) is 0.457. The summed E-state index contributed by atoms with van der Waals surface area (Å²) >= 11 is 1.60. The van der Waals surface area contributed by atoms with Crippen molar-refractivity contribution >= 4 is 17.0 Å². The summed E-state index contributed by atoms with van der Waals surface area (Å²) in [6, 6.07) is 10.4. The summed E-state index contributed by atoms with van der Waals surface area (Å²) in [5.74, 6) is 0. The third kappa shape index (κ3) is 4.49. The van der Waals surface area contributed by atoms with Crippen LogP contribution in [0.4, 0.5) is 0 Å². The lowest BCUT2D eigenvalue weighted by atomic mass is 10.1. The lowest BCUT2D eigenvalue weighted by Crippen LogP contribution is -2.15. The molecule has 0 aliphatic rings. The molecule has 0 aliphatic carbocycles. The maximum absolute atomic E-state index is 4.89. The summed E-state index contributed by atoms with van der Waals surface area (Å²) in [4.78, 5) is 9.65. The SMILES string of the molecule is C=C(C)CN=c1scc(-c2ccc(C)c(C)c2)n1N=C(C)c1ccncc1. The molecular formula is C22H24N4S. The van der Waals surface area contributed by atoms with Gasteiger partial charge in [0.05, 0.1) is 18.0 Å². The second kappa shape index (κ2) is 8.27. The number of hydrogen-bond acceptors (Lipinski definition) is 4. The van der Waals surface area contributed by atoms with Crippen LogP contribution < -0.4 is 4.80 Å². The highest BCUT2D eigenvalue weighted by atomic mass is 32.1. The van der Waals surface area contributed by atoms with Crippen LogP contribution in [-0.4, -0.2) is 21.9 Å². The topological polar surface area (TPSA) is 42.5 Å². The summed E-state index contributed by atoms with van der Waals surface area (Å²) < 4.78 is 1.94. The first-order valence-corrected chi connectivity index (χ1v) is 9.72. The second-order valence-corrected chi connectivity index (χ2v) is 7.55. The van der Waals surface area contributed by atoms with Crippen molar-refractivity contribution in [3.8, 4) is 11.3 Å². The molecule has 0 saturated heterocycles. The fraction of sp³-hybridized carbons (Fsp3) is 0.227. The van der Waals surface area contributed by atoms with Crippen molar-refractivity contribution in [2.75, 3.05) is 6.54 Å². The molecule has 0 N–H and O–H groups in total. The molecule has 0 spiro atoms.